The highest BCUT2D eigenvalue weighted by Gasteiger charge is 2.13. The van der Waals surface area contributed by atoms with Crippen LogP contribution in [0, 0.1) is 0 Å². The Morgan fingerprint density at radius 3 is 2.23 bits per heavy atom. The molecule has 0 unspecified atom stereocenters. The quantitative estimate of drug-likeness (QED) is 0.447. The molecule has 3 heteroatoms. The minimum atomic E-state index is 0.0604. The number of benzene rings is 3. The van der Waals surface area contributed by atoms with E-state index >= 15 is 0 Å². The summed E-state index contributed by atoms with van der Waals surface area (Å²) >= 11 is 3.53. The third-order valence-electron chi connectivity index (χ3n) is 3.86. The lowest BCUT2D eigenvalue weighted by atomic mass is 10.1. The normalized spacial score (nSPS) is 11.1. The lowest BCUT2D eigenvalue weighted by Gasteiger charge is -2.15. The highest BCUT2D eigenvalue weighted by Crippen LogP contribution is 2.27. The summed E-state index contributed by atoms with van der Waals surface area (Å²) in [6, 6.07) is 23.7. The number of hydrogen-bond acceptors (Lipinski definition) is 1. The van der Waals surface area contributed by atoms with Gasteiger partial charge in [-0.2, -0.15) is 0 Å². The topological polar surface area (TPSA) is 22.0 Å². The van der Waals surface area contributed by atoms with E-state index in [1.165, 1.54) is 0 Å². The standard InChI is InChI=1S/C19H12BrNO/c20-15-10-6-12-17-18(15)19(22)14-9-4-5-11-16(14)21(17)13-7-2-1-3-8-13/h1-12H. The van der Waals surface area contributed by atoms with Crippen LogP contribution in [0.15, 0.2) is 82.1 Å². The molecule has 0 bridgehead atoms. The van der Waals surface area contributed by atoms with Crippen molar-refractivity contribution in [2.24, 2.45) is 0 Å². The summed E-state index contributed by atoms with van der Waals surface area (Å²) in [6.07, 6.45) is 0. The third-order valence-corrected chi connectivity index (χ3v) is 4.52. The molecule has 0 N–H and O–H groups in total. The van der Waals surface area contributed by atoms with Gasteiger partial charge in [-0.3, -0.25) is 4.79 Å². The van der Waals surface area contributed by atoms with Crippen molar-refractivity contribution in [1.29, 1.82) is 0 Å². The Kier molecular flexibility index (Phi) is 3.09. The van der Waals surface area contributed by atoms with Crippen LogP contribution in [-0.2, 0) is 0 Å². The van der Waals surface area contributed by atoms with Gasteiger partial charge in [-0.15, -0.1) is 0 Å². The molecule has 0 aliphatic heterocycles. The van der Waals surface area contributed by atoms with E-state index in [0.29, 0.717) is 5.39 Å². The molecule has 0 atom stereocenters. The number of nitrogens with zero attached hydrogens (tertiary/aromatic N) is 1. The molecule has 106 valence electrons. The maximum absolute atomic E-state index is 12.8. The Morgan fingerprint density at radius 2 is 1.41 bits per heavy atom. The first kappa shape index (κ1) is 13.3. The van der Waals surface area contributed by atoms with Crippen LogP contribution in [0.2, 0.25) is 0 Å². The van der Waals surface area contributed by atoms with E-state index in [1.54, 1.807) is 0 Å². The molecule has 3 aromatic carbocycles. The molecule has 1 aromatic heterocycles. The van der Waals surface area contributed by atoms with Crippen LogP contribution in [0.5, 0.6) is 0 Å². The monoisotopic (exact) mass is 349 g/mol. The number of halogens is 1. The molecular weight excluding hydrogens is 338 g/mol. The highest BCUT2D eigenvalue weighted by molar-refractivity contribution is 9.10. The fourth-order valence-corrected chi connectivity index (χ4v) is 3.44. The zero-order valence-electron chi connectivity index (χ0n) is 11.7. The smallest absolute Gasteiger partial charge is 0.198 e. The molecule has 2 nitrogen and oxygen atoms in total. The van der Waals surface area contributed by atoms with Crippen LogP contribution in [0.25, 0.3) is 27.5 Å². The molecule has 4 rings (SSSR count). The van der Waals surface area contributed by atoms with Gasteiger partial charge in [0.1, 0.15) is 0 Å². The minimum Gasteiger partial charge on any atom is -0.309 e. The van der Waals surface area contributed by atoms with Crippen molar-refractivity contribution in [3.8, 4) is 5.69 Å². The number of rotatable bonds is 1. The van der Waals surface area contributed by atoms with Gasteiger partial charge in [-0.1, -0.05) is 36.4 Å². The van der Waals surface area contributed by atoms with E-state index in [9.17, 15) is 4.79 Å². The van der Waals surface area contributed by atoms with Crippen molar-refractivity contribution in [3.63, 3.8) is 0 Å². The van der Waals surface area contributed by atoms with E-state index in [0.717, 1.165) is 26.6 Å². The van der Waals surface area contributed by atoms with Crippen molar-refractivity contribution < 1.29 is 0 Å². The van der Waals surface area contributed by atoms with Crippen molar-refractivity contribution in [2.45, 2.75) is 0 Å². The molecule has 0 saturated heterocycles. The van der Waals surface area contributed by atoms with E-state index in [4.69, 9.17) is 0 Å². The molecule has 0 radical (unpaired) electrons. The second kappa shape index (κ2) is 5.11. The van der Waals surface area contributed by atoms with Crippen molar-refractivity contribution >= 4 is 37.7 Å². The van der Waals surface area contributed by atoms with Crippen LogP contribution in [0.3, 0.4) is 0 Å². The van der Waals surface area contributed by atoms with Gasteiger partial charge in [0.15, 0.2) is 5.43 Å². The van der Waals surface area contributed by atoms with Gasteiger partial charge in [0, 0.05) is 15.5 Å². The van der Waals surface area contributed by atoms with Crippen molar-refractivity contribution in [2.75, 3.05) is 0 Å². The predicted molar refractivity (Wildman–Crippen MR) is 94.8 cm³/mol. The summed E-state index contributed by atoms with van der Waals surface area (Å²) in [4.78, 5) is 12.8. The van der Waals surface area contributed by atoms with Crippen molar-refractivity contribution in [3.05, 3.63) is 87.5 Å². The minimum absolute atomic E-state index is 0.0604. The second-order valence-corrected chi connectivity index (χ2v) is 6.01. The average Bonchev–Trinajstić information content (AvgIpc) is 2.56. The fourth-order valence-electron chi connectivity index (χ4n) is 2.90. The summed E-state index contributed by atoms with van der Waals surface area (Å²) in [5.74, 6) is 0. The lowest BCUT2D eigenvalue weighted by Crippen LogP contribution is -2.10. The zero-order valence-corrected chi connectivity index (χ0v) is 13.2. The Hall–Kier alpha value is -2.39. The Balaban J connectivity index is 2.33. The summed E-state index contributed by atoms with van der Waals surface area (Å²) < 4.78 is 2.96. The molecular formula is C19H12BrNO. The molecule has 0 fully saturated rings. The summed E-state index contributed by atoms with van der Waals surface area (Å²) in [7, 11) is 0. The second-order valence-electron chi connectivity index (χ2n) is 5.15. The maximum Gasteiger partial charge on any atom is 0.198 e. The fraction of sp³-hybridized carbons (Fsp3) is 0. The Labute approximate surface area is 135 Å². The van der Waals surface area contributed by atoms with Crippen molar-refractivity contribution in [1.82, 2.24) is 4.57 Å². The summed E-state index contributed by atoms with van der Waals surface area (Å²) in [5.41, 5.74) is 2.93. The number of fused-ring (bicyclic) bond motifs is 2. The average molecular weight is 350 g/mol. The van der Waals surface area contributed by atoms with Crippen LogP contribution in [0.4, 0.5) is 0 Å². The number of para-hydroxylation sites is 2. The van der Waals surface area contributed by atoms with Gasteiger partial charge < -0.3 is 4.57 Å². The maximum atomic E-state index is 12.8. The number of pyridine rings is 1. The van der Waals surface area contributed by atoms with Crippen LogP contribution >= 0.6 is 15.9 Å². The largest absolute Gasteiger partial charge is 0.309 e. The molecule has 0 spiro atoms. The molecule has 1 heterocycles. The third kappa shape index (κ3) is 1.90. The van der Waals surface area contributed by atoms with Gasteiger partial charge in [-0.05, 0) is 52.3 Å². The van der Waals surface area contributed by atoms with Crippen LogP contribution < -0.4 is 5.43 Å². The molecule has 0 amide bonds. The van der Waals surface area contributed by atoms with E-state index < -0.39 is 0 Å². The summed E-state index contributed by atoms with van der Waals surface area (Å²) in [5, 5.41) is 1.44. The first-order valence-electron chi connectivity index (χ1n) is 7.05. The highest BCUT2D eigenvalue weighted by atomic mass is 79.9. The number of aromatic nitrogens is 1. The van der Waals surface area contributed by atoms with Gasteiger partial charge in [0.25, 0.3) is 0 Å². The molecule has 22 heavy (non-hydrogen) atoms. The zero-order chi connectivity index (χ0) is 15.1. The molecule has 0 saturated carbocycles. The molecule has 0 aliphatic carbocycles. The first-order valence-corrected chi connectivity index (χ1v) is 7.84. The Morgan fingerprint density at radius 1 is 0.727 bits per heavy atom. The lowest BCUT2D eigenvalue weighted by molar-refractivity contribution is 1.16. The Bertz CT molecular complexity index is 1050. The molecule has 0 aliphatic rings. The van der Waals surface area contributed by atoms with Gasteiger partial charge in [0.2, 0.25) is 0 Å². The van der Waals surface area contributed by atoms with Crippen LogP contribution in [0.1, 0.15) is 0 Å². The summed E-state index contributed by atoms with van der Waals surface area (Å²) in [6.45, 7) is 0. The molecule has 4 aromatic rings. The van der Waals surface area contributed by atoms with Gasteiger partial charge in [-0.25, -0.2) is 0 Å². The van der Waals surface area contributed by atoms with Gasteiger partial charge in [0.05, 0.1) is 16.4 Å². The van der Waals surface area contributed by atoms with Crippen LogP contribution in [-0.4, -0.2) is 4.57 Å². The first-order chi connectivity index (χ1) is 10.8. The SMILES string of the molecule is O=c1c2ccccc2n(-c2ccccc2)c2cccc(Br)c12. The number of hydrogen-bond donors (Lipinski definition) is 0. The van der Waals surface area contributed by atoms with E-state index in [-0.39, 0.29) is 5.43 Å². The predicted octanol–water partition coefficient (Wildman–Crippen LogP) is 4.91. The van der Waals surface area contributed by atoms with Gasteiger partial charge >= 0.3 is 0 Å². The van der Waals surface area contributed by atoms with E-state index in [1.807, 2.05) is 60.7 Å². The van der Waals surface area contributed by atoms with E-state index in [2.05, 4.69) is 32.6 Å².